The Balaban J connectivity index is 2.37. The van der Waals surface area contributed by atoms with Gasteiger partial charge in [-0.25, -0.2) is 0 Å². The molecule has 0 bridgehead atoms. The van der Waals surface area contributed by atoms with E-state index in [9.17, 15) is 4.79 Å². The smallest absolute Gasteiger partial charge is 0.224 e. The molecule has 0 aliphatic carbocycles. The molecule has 70 valence electrons. The average molecular weight is 173 g/mol. The SMILES string of the molecule is NCC(O)CN1CC(N)CC1=O. The van der Waals surface area contributed by atoms with Gasteiger partial charge in [0.05, 0.1) is 6.10 Å². The standard InChI is InChI=1S/C7H15N3O2/c8-2-6(11)4-10-3-5(9)1-7(10)12/h5-6,11H,1-4,8-9H2. The van der Waals surface area contributed by atoms with Crippen molar-refractivity contribution < 1.29 is 9.90 Å². The predicted molar refractivity (Wildman–Crippen MR) is 44.2 cm³/mol. The molecule has 5 heteroatoms. The average Bonchev–Trinajstić information content (AvgIpc) is 2.30. The summed E-state index contributed by atoms with van der Waals surface area (Å²) in [6.07, 6.45) is -0.239. The van der Waals surface area contributed by atoms with Crippen LogP contribution in [-0.2, 0) is 4.79 Å². The second kappa shape index (κ2) is 3.84. The molecular formula is C7H15N3O2. The molecule has 0 radical (unpaired) electrons. The lowest BCUT2D eigenvalue weighted by atomic mass is 10.3. The third-order valence-electron chi connectivity index (χ3n) is 1.95. The fraction of sp³-hybridized carbons (Fsp3) is 0.857. The van der Waals surface area contributed by atoms with Gasteiger partial charge >= 0.3 is 0 Å². The Labute approximate surface area is 71.3 Å². The molecule has 12 heavy (non-hydrogen) atoms. The molecule has 1 saturated heterocycles. The van der Waals surface area contributed by atoms with E-state index in [0.717, 1.165) is 0 Å². The zero-order valence-electron chi connectivity index (χ0n) is 6.94. The third kappa shape index (κ3) is 2.17. The maximum atomic E-state index is 11.1. The number of aliphatic hydroxyl groups excluding tert-OH is 1. The minimum Gasteiger partial charge on any atom is -0.390 e. The monoisotopic (exact) mass is 173 g/mol. The summed E-state index contributed by atoms with van der Waals surface area (Å²) in [5.41, 5.74) is 10.8. The van der Waals surface area contributed by atoms with Crippen molar-refractivity contribution in [2.75, 3.05) is 19.6 Å². The van der Waals surface area contributed by atoms with Crippen molar-refractivity contribution in [2.24, 2.45) is 11.5 Å². The summed E-state index contributed by atoms with van der Waals surface area (Å²) >= 11 is 0. The van der Waals surface area contributed by atoms with Crippen LogP contribution in [0.25, 0.3) is 0 Å². The van der Waals surface area contributed by atoms with Crippen LogP contribution in [0, 0.1) is 0 Å². The number of carbonyl (C=O) groups is 1. The van der Waals surface area contributed by atoms with Crippen LogP contribution in [0.4, 0.5) is 0 Å². The van der Waals surface area contributed by atoms with Gasteiger partial charge in [0.2, 0.25) is 5.91 Å². The van der Waals surface area contributed by atoms with Gasteiger partial charge in [-0.3, -0.25) is 4.79 Å². The van der Waals surface area contributed by atoms with Crippen LogP contribution in [0.15, 0.2) is 0 Å². The highest BCUT2D eigenvalue weighted by atomic mass is 16.3. The van der Waals surface area contributed by atoms with Crippen LogP contribution in [0.5, 0.6) is 0 Å². The lowest BCUT2D eigenvalue weighted by molar-refractivity contribution is -0.128. The second-order valence-electron chi connectivity index (χ2n) is 3.15. The van der Waals surface area contributed by atoms with E-state index in [1.54, 1.807) is 4.90 Å². The van der Waals surface area contributed by atoms with Gasteiger partial charge in [-0.05, 0) is 0 Å². The number of amides is 1. The van der Waals surface area contributed by atoms with E-state index in [1.165, 1.54) is 0 Å². The van der Waals surface area contributed by atoms with Crippen molar-refractivity contribution in [3.05, 3.63) is 0 Å². The number of carbonyl (C=O) groups excluding carboxylic acids is 1. The quantitative estimate of drug-likeness (QED) is 0.454. The highest BCUT2D eigenvalue weighted by Gasteiger charge is 2.27. The first-order valence-corrected chi connectivity index (χ1v) is 4.05. The van der Waals surface area contributed by atoms with Gasteiger partial charge in [0.25, 0.3) is 0 Å². The zero-order valence-corrected chi connectivity index (χ0v) is 6.94. The Kier molecular flexibility index (Phi) is 3.02. The minimum absolute atomic E-state index is 0.00926. The molecule has 2 unspecified atom stereocenters. The van der Waals surface area contributed by atoms with Crippen molar-refractivity contribution in [1.82, 2.24) is 4.90 Å². The largest absolute Gasteiger partial charge is 0.390 e. The van der Waals surface area contributed by atoms with Gasteiger partial charge < -0.3 is 21.5 Å². The van der Waals surface area contributed by atoms with Gasteiger partial charge in [0.1, 0.15) is 0 Å². The van der Waals surface area contributed by atoms with Crippen molar-refractivity contribution in [2.45, 2.75) is 18.6 Å². The van der Waals surface area contributed by atoms with E-state index < -0.39 is 6.10 Å². The number of aliphatic hydroxyl groups is 1. The summed E-state index contributed by atoms with van der Waals surface area (Å²) in [6.45, 7) is 1.03. The highest BCUT2D eigenvalue weighted by Crippen LogP contribution is 2.08. The lowest BCUT2D eigenvalue weighted by Crippen LogP contribution is -2.38. The number of nitrogens with two attached hydrogens (primary N) is 2. The van der Waals surface area contributed by atoms with Crippen LogP contribution in [0.1, 0.15) is 6.42 Å². The number of hydrogen-bond donors (Lipinski definition) is 3. The van der Waals surface area contributed by atoms with Gasteiger partial charge in [-0.15, -0.1) is 0 Å². The highest BCUT2D eigenvalue weighted by molar-refractivity contribution is 5.79. The first-order chi connectivity index (χ1) is 5.63. The Morgan fingerprint density at radius 3 is 2.83 bits per heavy atom. The minimum atomic E-state index is -0.626. The van der Waals surface area contributed by atoms with E-state index in [0.29, 0.717) is 19.5 Å². The van der Waals surface area contributed by atoms with Gasteiger partial charge in [0, 0.05) is 32.1 Å². The molecule has 1 aliphatic rings. The molecule has 2 atom stereocenters. The fourth-order valence-corrected chi connectivity index (χ4v) is 1.31. The van der Waals surface area contributed by atoms with E-state index in [2.05, 4.69) is 0 Å². The van der Waals surface area contributed by atoms with Gasteiger partial charge in [-0.1, -0.05) is 0 Å². The molecular weight excluding hydrogens is 158 g/mol. The Bertz CT molecular complexity index is 174. The Morgan fingerprint density at radius 2 is 2.42 bits per heavy atom. The molecule has 0 aromatic rings. The normalized spacial score (nSPS) is 26.4. The van der Waals surface area contributed by atoms with E-state index in [4.69, 9.17) is 16.6 Å². The summed E-state index contributed by atoms with van der Waals surface area (Å²) in [5.74, 6) is 0.00926. The zero-order chi connectivity index (χ0) is 9.14. The molecule has 1 heterocycles. The second-order valence-corrected chi connectivity index (χ2v) is 3.15. The lowest BCUT2D eigenvalue weighted by Gasteiger charge is -2.18. The summed E-state index contributed by atoms with van der Waals surface area (Å²) in [6, 6.07) is -0.0810. The Hall–Kier alpha value is -0.650. The summed E-state index contributed by atoms with van der Waals surface area (Å²) in [7, 11) is 0. The molecule has 0 aromatic heterocycles. The van der Waals surface area contributed by atoms with E-state index in [1.807, 2.05) is 0 Å². The van der Waals surface area contributed by atoms with Crippen LogP contribution in [-0.4, -0.2) is 47.7 Å². The molecule has 0 spiro atoms. The number of hydrogen-bond acceptors (Lipinski definition) is 4. The van der Waals surface area contributed by atoms with Gasteiger partial charge in [-0.2, -0.15) is 0 Å². The van der Waals surface area contributed by atoms with E-state index >= 15 is 0 Å². The molecule has 5 N–H and O–H groups in total. The molecule has 0 aromatic carbocycles. The van der Waals surface area contributed by atoms with Crippen LogP contribution in [0.2, 0.25) is 0 Å². The summed E-state index contributed by atoms with van der Waals surface area (Å²) < 4.78 is 0. The summed E-state index contributed by atoms with van der Waals surface area (Å²) in [4.78, 5) is 12.7. The van der Waals surface area contributed by atoms with Crippen molar-refractivity contribution in [3.63, 3.8) is 0 Å². The molecule has 5 nitrogen and oxygen atoms in total. The molecule has 1 amide bonds. The first kappa shape index (κ1) is 9.44. The number of likely N-dealkylation sites (tertiary alicyclic amines) is 1. The van der Waals surface area contributed by atoms with Crippen molar-refractivity contribution in [3.8, 4) is 0 Å². The van der Waals surface area contributed by atoms with Gasteiger partial charge in [0.15, 0.2) is 0 Å². The van der Waals surface area contributed by atoms with Crippen LogP contribution >= 0.6 is 0 Å². The fourth-order valence-electron chi connectivity index (χ4n) is 1.31. The van der Waals surface area contributed by atoms with Crippen molar-refractivity contribution >= 4 is 5.91 Å². The molecule has 1 aliphatic heterocycles. The van der Waals surface area contributed by atoms with Crippen LogP contribution < -0.4 is 11.5 Å². The molecule has 0 saturated carbocycles. The first-order valence-electron chi connectivity index (χ1n) is 4.05. The number of β-amino-alcohol motifs (C(OH)–C–C–N with tert-alkyl or cyclic N) is 1. The number of nitrogens with zero attached hydrogens (tertiary/aromatic N) is 1. The van der Waals surface area contributed by atoms with Crippen molar-refractivity contribution in [1.29, 1.82) is 0 Å². The molecule has 1 fully saturated rings. The molecule has 1 rings (SSSR count). The Morgan fingerprint density at radius 1 is 1.75 bits per heavy atom. The maximum Gasteiger partial charge on any atom is 0.224 e. The topological polar surface area (TPSA) is 92.6 Å². The van der Waals surface area contributed by atoms with E-state index in [-0.39, 0.29) is 18.5 Å². The number of rotatable bonds is 3. The van der Waals surface area contributed by atoms with Crippen LogP contribution in [0.3, 0.4) is 0 Å². The third-order valence-corrected chi connectivity index (χ3v) is 1.95. The predicted octanol–water partition coefficient (Wildman–Crippen LogP) is -2.13. The summed E-state index contributed by atoms with van der Waals surface area (Å²) in [5, 5.41) is 9.16. The maximum absolute atomic E-state index is 11.1.